The standard InChI is InChI=1S/C52H30S2/c1-2-12-31(13-3-1)49-39-17-6-8-19-41(39)50(42-20-9-7-18-40(42)49)43-25-24-35(36-14-4-5-15-37(36)43)33-23-22-32-30-48-46(29-34(32)28-33)45-27-26-44-38-16-10-11-21-47(38)53-51(44)52(45)54-48/h1-30H. The highest BCUT2D eigenvalue weighted by molar-refractivity contribution is 7.33. The van der Waals surface area contributed by atoms with Gasteiger partial charge in [0.2, 0.25) is 0 Å². The van der Waals surface area contributed by atoms with E-state index in [9.17, 15) is 0 Å². The molecule has 0 radical (unpaired) electrons. The van der Waals surface area contributed by atoms with Crippen LogP contribution in [0.4, 0.5) is 0 Å². The molecule has 0 aliphatic carbocycles. The van der Waals surface area contributed by atoms with Crippen molar-refractivity contribution in [3.05, 3.63) is 182 Å². The van der Waals surface area contributed by atoms with E-state index in [-0.39, 0.29) is 0 Å². The fourth-order valence-electron chi connectivity index (χ4n) is 9.03. The lowest BCUT2D eigenvalue weighted by molar-refractivity contribution is 1.65. The van der Waals surface area contributed by atoms with E-state index in [0.717, 1.165) is 0 Å². The highest BCUT2D eigenvalue weighted by Crippen LogP contribution is 2.48. The van der Waals surface area contributed by atoms with Gasteiger partial charge in [0, 0.05) is 30.9 Å². The first kappa shape index (κ1) is 30.2. The minimum Gasteiger partial charge on any atom is -0.134 e. The molecule has 250 valence electrons. The summed E-state index contributed by atoms with van der Waals surface area (Å²) in [5, 5.41) is 15.6. The molecule has 10 aromatic carbocycles. The third kappa shape index (κ3) is 4.36. The smallest absolute Gasteiger partial charge is 0.0534 e. The fraction of sp³-hybridized carbons (Fsp3) is 0. The largest absolute Gasteiger partial charge is 0.134 e. The molecule has 2 aromatic heterocycles. The highest BCUT2D eigenvalue weighted by atomic mass is 32.1. The molecule has 0 aliphatic heterocycles. The quantitative estimate of drug-likeness (QED) is 0.160. The molecule has 0 unspecified atom stereocenters. The molecule has 2 heteroatoms. The number of hydrogen-bond acceptors (Lipinski definition) is 2. The topological polar surface area (TPSA) is 0 Å². The summed E-state index contributed by atoms with van der Waals surface area (Å²) in [6, 6.07) is 67.7. The van der Waals surface area contributed by atoms with Gasteiger partial charge in [-0.1, -0.05) is 158 Å². The van der Waals surface area contributed by atoms with Crippen LogP contribution >= 0.6 is 22.7 Å². The summed E-state index contributed by atoms with van der Waals surface area (Å²) in [6.07, 6.45) is 0. The average molecular weight is 719 g/mol. The first-order chi connectivity index (χ1) is 26.8. The zero-order chi connectivity index (χ0) is 35.3. The van der Waals surface area contributed by atoms with E-state index in [1.54, 1.807) is 0 Å². The van der Waals surface area contributed by atoms with Crippen molar-refractivity contribution < 1.29 is 0 Å². The summed E-state index contributed by atoms with van der Waals surface area (Å²) in [7, 11) is 0. The second kappa shape index (κ2) is 11.6. The molecule has 0 amide bonds. The Hall–Kier alpha value is -6.32. The van der Waals surface area contributed by atoms with Crippen LogP contribution in [0.5, 0.6) is 0 Å². The summed E-state index contributed by atoms with van der Waals surface area (Å²) < 4.78 is 5.51. The Bertz CT molecular complexity index is 3430. The van der Waals surface area contributed by atoms with Gasteiger partial charge in [-0.2, -0.15) is 0 Å². The molecule has 12 rings (SSSR count). The number of thiophene rings is 2. The van der Waals surface area contributed by atoms with Crippen molar-refractivity contribution in [1.82, 2.24) is 0 Å². The Morgan fingerprint density at radius 1 is 0.259 bits per heavy atom. The van der Waals surface area contributed by atoms with Gasteiger partial charge >= 0.3 is 0 Å². The zero-order valence-electron chi connectivity index (χ0n) is 29.1. The van der Waals surface area contributed by atoms with Crippen molar-refractivity contribution in [2.24, 2.45) is 0 Å². The van der Waals surface area contributed by atoms with Crippen LogP contribution in [0.2, 0.25) is 0 Å². The van der Waals surface area contributed by atoms with Crippen LogP contribution in [-0.2, 0) is 0 Å². The summed E-state index contributed by atoms with van der Waals surface area (Å²) in [5.41, 5.74) is 7.60. The molecule has 12 aromatic rings. The van der Waals surface area contributed by atoms with Crippen LogP contribution < -0.4 is 0 Å². The van der Waals surface area contributed by atoms with Crippen LogP contribution in [-0.4, -0.2) is 0 Å². The summed E-state index contributed by atoms with van der Waals surface area (Å²) >= 11 is 3.86. The van der Waals surface area contributed by atoms with Crippen molar-refractivity contribution >= 4 is 106 Å². The van der Waals surface area contributed by atoms with Gasteiger partial charge in [0.15, 0.2) is 0 Å². The Labute approximate surface area is 319 Å². The first-order valence-corrected chi connectivity index (χ1v) is 20.1. The van der Waals surface area contributed by atoms with E-state index in [2.05, 4.69) is 182 Å². The van der Waals surface area contributed by atoms with E-state index in [0.29, 0.717) is 0 Å². The molecular weight excluding hydrogens is 689 g/mol. The monoisotopic (exact) mass is 718 g/mol. The second-order valence-corrected chi connectivity index (χ2v) is 16.4. The Morgan fingerprint density at radius 2 is 0.796 bits per heavy atom. The average Bonchev–Trinajstić information content (AvgIpc) is 3.80. The predicted molar refractivity (Wildman–Crippen MR) is 239 cm³/mol. The van der Waals surface area contributed by atoms with E-state index in [4.69, 9.17) is 0 Å². The molecule has 0 bridgehead atoms. The van der Waals surface area contributed by atoms with Gasteiger partial charge in [-0.3, -0.25) is 0 Å². The van der Waals surface area contributed by atoms with Crippen molar-refractivity contribution in [3.8, 4) is 33.4 Å². The van der Waals surface area contributed by atoms with Gasteiger partial charge in [0.05, 0.1) is 9.40 Å². The number of hydrogen-bond donors (Lipinski definition) is 0. The third-order valence-electron chi connectivity index (χ3n) is 11.4. The first-order valence-electron chi connectivity index (χ1n) is 18.5. The summed E-state index contributed by atoms with van der Waals surface area (Å²) in [5.74, 6) is 0. The van der Waals surface area contributed by atoms with Gasteiger partial charge in [-0.15, -0.1) is 22.7 Å². The molecule has 0 saturated carbocycles. The van der Waals surface area contributed by atoms with Crippen LogP contribution in [0.15, 0.2) is 182 Å². The van der Waals surface area contributed by atoms with Crippen LogP contribution in [0, 0.1) is 0 Å². The molecule has 54 heavy (non-hydrogen) atoms. The maximum atomic E-state index is 2.43. The molecule has 0 aliphatic rings. The number of fused-ring (bicyclic) bond motifs is 11. The van der Waals surface area contributed by atoms with Gasteiger partial charge in [0.1, 0.15) is 0 Å². The van der Waals surface area contributed by atoms with E-state index < -0.39 is 0 Å². The highest BCUT2D eigenvalue weighted by Gasteiger charge is 2.19. The van der Waals surface area contributed by atoms with Crippen LogP contribution in [0.1, 0.15) is 0 Å². The molecule has 0 spiro atoms. The van der Waals surface area contributed by atoms with Gasteiger partial charge < -0.3 is 0 Å². The van der Waals surface area contributed by atoms with E-state index >= 15 is 0 Å². The van der Waals surface area contributed by atoms with Crippen LogP contribution in [0.25, 0.3) is 117 Å². The summed E-state index contributed by atoms with van der Waals surface area (Å²) in [4.78, 5) is 0. The minimum absolute atomic E-state index is 1.24. The normalized spacial score (nSPS) is 12.1. The zero-order valence-corrected chi connectivity index (χ0v) is 30.8. The lowest BCUT2D eigenvalue weighted by Crippen LogP contribution is -1.92. The lowest BCUT2D eigenvalue weighted by Gasteiger charge is -2.19. The number of benzene rings is 10. The fourth-order valence-corrected chi connectivity index (χ4v) is 11.6. The SMILES string of the molecule is c1ccc(-c2c3ccccc3c(-c3ccc(-c4ccc5cc6sc7c(ccc8c9ccccc9sc87)c6cc5c4)c4ccccc34)c3ccccc23)cc1. The molecule has 2 heterocycles. The van der Waals surface area contributed by atoms with Crippen molar-refractivity contribution in [2.45, 2.75) is 0 Å². The van der Waals surface area contributed by atoms with E-state index in [1.165, 1.54) is 117 Å². The molecule has 0 N–H and O–H groups in total. The maximum absolute atomic E-state index is 2.43. The maximum Gasteiger partial charge on any atom is 0.0534 e. The van der Waals surface area contributed by atoms with Gasteiger partial charge in [0.25, 0.3) is 0 Å². The van der Waals surface area contributed by atoms with Gasteiger partial charge in [-0.05, 0) is 101 Å². The van der Waals surface area contributed by atoms with Crippen LogP contribution in [0.3, 0.4) is 0 Å². The number of rotatable bonds is 3. The van der Waals surface area contributed by atoms with Gasteiger partial charge in [-0.25, -0.2) is 0 Å². The lowest BCUT2D eigenvalue weighted by atomic mass is 9.84. The summed E-state index contributed by atoms with van der Waals surface area (Å²) in [6.45, 7) is 0. The van der Waals surface area contributed by atoms with Crippen molar-refractivity contribution in [2.75, 3.05) is 0 Å². The second-order valence-electron chi connectivity index (χ2n) is 14.3. The molecule has 0 atom stereocenters. The van der Waals surface area contributed by atoms with E-state index in [1.807, 2.05) is 22.7 Å². The Morgan fingerprint density at radius 3 is 1.50 bits per heavy atom. The molecule has 0 fully saturated rings. The third-order valence-corrected chi connectivity index (χ3v) is 14.0. The van der Waals surface area contributed by atoms with Crippen molar-refractivity contribution in [1.29, 1.82) is 0 Å². The molecular formula is C52H30S2. The Balaban J connectivity index is 1.06. The Kier molecular flexibility index (Phi) is 6.48. The van der Waals surface area contributed by atoms with Crippen molar-refractivity contribution in [3.63, 3.8) is 0 Å². The minimum atomic E-state index is 1.24. The predicted octanol–water partition coefficient (Wildman–Crippen LogP) is 16.0. The molecule has 0 saturated heterocycles. The molecule has 0 nitrogen and oxygen atoms in total.